The van der Waals surface area contributed by atoms with Gasteiger partial charge >= 0.3 is 0 Å². The van der Waals surface area contributed by atoms with Crippen molar-refractivity contribution in [2.45, 2.75) is 24.7 Å². The molecule has 1 amide bonds. The molecule has 2 aliphatic rings. The quantitative estimate of drug-likeness (QED) is 0.928. The molecule has 4 rings (SSSR count). The SMILES string of the molecule is O=C(Nc1ccccc1N1CCOCC1)C1(c2ccccc2)CCC1. The lowest BCUT2D eigenvalue weighted by atomic mass is 9.64. The second kappa shape index (κ2) is 6.89. The number of hydrogen-bond donors (Lipinski definition) is 1. The van der Waals surface area contributed by atoms with Gasteiger partial charge in [0.25, 0.3) is 0 Å². The molecule has 1 saturated carbocycles. The van der Waals surface area contributed by atoms with Crippen molar-refractivity contribution in [2.75, 3.05) is 36.5 Å². The van der Waals surface area contributed by atoms with Crippen molar-refractivity contribution in [3.05, 3.63) is 60.2 Å². The molecule has 0 spiro atoms. The minimum absolute atomic E-state index is 0.116. The number of amides is 1. The molecule has 0 bridgehead atoms. The van der Waals surface area contributed by atoms with E-state index in [2.05, 4.69) is 28.4 Å². The zero-order valence-corrected chi connectivity index (χ0v) is 14.4. The topological polar surface area (TPSA) is 41.6 Å². The van der Waals surface area contributed by atoms with E-state index in [0.717, 1.165) is 62.5 Å². The molecule has 0 radical (unpaired) electrons. The summed E-state index contributed by atoms with van der Waals surface area (Å²) in [6.45, 7) is 3.18. The summed E-state index contributed by atoms with van der Waals surface area (Å²) < 4.78 is 5.45. The minimum Gasteiger partial charge on any atom is -0.378 e. The molecule has 25 heavy (non-hydrogen) atoms. The summed E-state index contributed by atoms with van der Waals surface area (Å²) in [6, 6.07) is 18.3. The van der Waals surface area contributed by atoms with Gasteiger partial charge in [-0.2, -0.15) is 0 Å². The van der Waals surface area contributed by atoms with Gasteiger partial charge in [0.15, 0.2) is 0 Å². The molecular weight excluding hydrogens is 312 g/mol. The molecule has 2 fully saturated rings. The molecule has 2 aromatic carbocycles. The molecule has 130 valence electrons. The Morgan fingerprint density at radius 1 is 0.960 bits per heavy atom. The van der Waals surface area contributed by atoms with Crippen LogP contribution in [0.5, 0.6) is 0 Å². The first-order valence-corrected chi connectivity index (χ1v) is 9.08. The highest BCUT2D eigenvalue weighted by molar-refractivity contribution is 6.02. The predicted octanol–water partition coefficient (Wildman–Crippen LogP) is 3.58. The van der Waals surface area contributed by atoms with E-state index in [0.29, 0.717) is 0 Å². The summed E-state index contributed by atoms with van der Waals surface area (Å²) in [6.07, 6.45) is 2.94. The fourth-order valence-corrected chi connectivity index (χ4v) is 3.84. The molecule has 1 N–H and O–H groups in total. The first kappa shape index (κ1) is 16.2. The molecule has 0 unspecified atom stereocenters. The summed E-state index contributed by atoms with van der Waals surface area (Å²) >= 11 is 0. The Balaban J connectivity index is 1.59. The number of morpholine rings is 1. The number of nitrogens with one attached hydrogen (secondary N) is 1. The van der Waals surface area contributed by atoms with E-state index in [-0.39, 0.29) is 11.3 Å². The lowest BCUT2D eigenvalue weighted by Crippen LogP contribution is -2.46. The van der Waals surface area contributed by atoms with E-state index < -0.39 is 0 Å². The molecule has 4 heteroatoms. The van der Waals surface area contributed by atoms with Crippen LogP contribution in [0.3, 0.4) is 0 Å². The number of hydrogen-bond acceptors (Lipinski definition) is 3. The Kier molecular flexibility index (Phi) is 4.45. The second-order valence-corrected chi connectivity index (χ2v) is 6.87. The van der Waals surface area contributed by atoms with Crippen LogP contribution in [-0.2, 0) is 14.9 Å². The zero-order chi connectivity index (χ0) is 17.1. The van der Waals surface area contributed by atoms with Crippen LogP contribution in [0.4, 0.5) is 11.4 Å². The van der Waals surface area contributed by atoms with Crippen LogP contribution in [0, 0.1) is 0 Å². The third kappa shape index (κ3) is 3.02. The van der Waals surface area contributed by atoms with Crippen molar-refractivity contribution >= 4 is 17.3 Å². The van der Waals surface area contributed by atoms with Crippen molar-refractivity contribution in [3.63, 3.8) is 0 Å². The molecule has 4 nitrogen and oxygen atoms in total. The number of ether oxygens (including phenoxy) is 1. The predicted molar refractivity (Wildman–Crippen MR) is 100 cm³/mol. The molecule has 0 aromatic heterocycles. The van der Waals surface area contributed by atoms with Crippen molar-refractivity contribution < 1.29 is 9.53 Å². The maximum Gasteiger partial charge on any atom is 0.235 e. The fourth-order valence-electron chi connectivity index (χ4n) is 3.84. The second-order valence-electron chi connectivity index (χ2n) is 6.87. The summed E-state index contributed by atoms with van der Waals surface area (Å²) in [5, 5.41) is 3.23. The van der Waals surface area contributed by atoms with Gasteiger partial charge in [0.2, 0.25) is 5.91 Å². The first-order valence-electron chi connectivity index (χ1n) is 9.08. The van der Waals surface area contributed by atoms with Crippen molar-refractivity contribution in [1.82, 2.24) is 0 Å². The van der Waals surface area contributed by atoms with Crippen LogP contribution in [0.25, 0.3) is 0 Å². The standard InChI is InChI=1S/C21H24N2O2/c24-20(21(11-6-12-21)17-7-2-1-3-8-17)22-18-9-4-5-10-19(18)23-13-15-25-16-14-23/h1-5,7-10H,6,11-16H2,(H,22,24). The lowest BCUT2D eigenvalue weighted by Gasteiger charge is -2.41. The van der Waals surface area contributed by atoms with E-state index >= 15 is 0 Å². The van der Waals surface area contributed by atoms with Crippen LogP contribution in [0.2, 0.25) is 0 Å². The normalized spacial score (nSPS) is 19.1. The summed E-state index contributed by atoms with van der Waals surface area (Å²) in [7, 11) is 0. The highest BCUT2D eigenvalue weighted by atomic mass is 16.5. The van der Waals surface area contributed by atoms with Gasteiger partial charge < -0.3 is 15.0 Å². The van der Waals surface area contributed by atoms with Crippen LogP contribution >= 0.6 is 0 Å². The number of rotatable bonds is 4. The molecule has 1 heterocycles. The van der Waals surface area contributed by atoms with Gasteiger partial charge in [-0.15, -0.1) is 0 Å². The Labute approximate surface area is 148 Å². The van der Waals surface area contributed by atoms with Crippen LogP contribution in [0.15, 0.2) is 54.6 Å². The third-order valence-corrected chi connectivity index (χ3v) is 5.47. The van der Waals surface area contributed by atoms with Crippen LogP contribution in [-0.4, -0.2) is 32.2 Å². The van der Waals surface area contributed by atoms with Crippen LogP contribution < -0.4 is 10.2 Å². The number of benzene rings is 2. The Morgan fingerprint density at radius 3 is 2.32 bits per heavy atom. The van der Waals surface area contributed by atoms with Crippen molar-refractivity contribution in [3.8, 4) is 0 Å². The summed E-state index contributed by atoms with van der Waals surface area (Å²) in [4.78, 5) is 15.5. The molecule has 2 aromatic rings. The largest absolute Gasteiger partial charge is 0.378 e. The highest BCUT2D eigenvalue weighted by Crippen LogP contribution is 2.45. The Hall–Kier alpha value is -2.33. The molecule has 0 atom stereocenters. The minimum atomic E-state index is -0.376. The number of para-hydroxylation sites is 2. The number of anilines is 2. The first-order chi connectivity index (χ1) is 12.3. The number of carbonyl (C=O) groups is 1. The van der Waals surface area contributed by atoms with E-state index in [4.69, 9.17) is 4.74 Å². The molecule has 1 aliphatic carbocycles. The van der Waals surface area contributed by atoms with Crippen molar-refractivity contribution in [1.29, 1.82) is 0 Å². The van der Waals surface area contributed by atoms with Crippen LogP contribution in [0.1, 0.15) is 24.8 Å². The van der Waals surface area contributed by atoms with Gasteiger partial charge in [-0.1, -0.05) is 48.9 Å². The maximum atomic E-state index is 13.2. The lowest BCUT2D eigenvalue weighted by molar-refractivity contribution is -0.124. The fraction of sp³-hybridized carbons (Fsp3) is 0.381. The van der Waals surface area contributed by atoms with Gasteiger partial charge in [0, 0.05) is 13.1 Å². The Bertz CT molecular complexity index is 735. The average molecular weight is 336 g/mol. The van der Waals surface area contributed by atoms with Gasteiger partial charge in [0.05, 0.1) is 30.0 Å². The summed E-state index contributed by atoms with van der Waals surface area (Å²) in [5.74, 6) is 0.116. The van der Waals surface area contributed by atoms with Gasteiger partial charge in [0.1, 0.15) is 0 Å². The van der Waals surface area contributed by atoms with Crippen molar-refractivity contribution in [2.24, 2.45) is 0 Å². The van der Waals surface area contributed by atoms with Gasteiger partial charge in [-0.05, 0) is 30.5 Å². The average Bonchev–Trinajstić information content (AvgIpc) is 2.63. The van der Waals surface area contributed by atoms with E-state index in [1.165, 1.54) is 0 Å². The summed E-state index contributed by atoms with van der Waals surface area (Å²) in [5.41, 5.74) is 2.74. The zero-order valence-electron chi connectivity index (χ0n) is 14.4. The molecular formula is C21H24N2O2. The van der Waals surface area contributed by atoms with E-state index in [1.807, 2.05) is 36.4 Å². The third-order valence-electron chi connectivity index (χ3n) is 5.47. The molecule has 1 saturated heterocycles. The highest BCUT2D eigenvalue weighted by Gasteiger charge is 2.45. The van der Waals surface area contributed by atoms with E-state index in [1.54, 1.807) is 0 Å². The smallest absolute Gasteiger partial charge is 0.235 e. The molecule has 1 aliphatic heterocycles. The van der Waals surface area contributed by atoms with Gasteiger partial charge in [-0.3, -0.25) is 4.79 Å². The van der Waals surface area contributed by atoms with Gasteiger partial charge in [-0.25, -0.2) is 0 Å². The monoisotopic (exact) mass is 336 g/mol. The maximum absolute atomic E-state index is 13.2. The number of nitrogens with zero attached hydrogens (tertiary/aromatic N) is 1. The van der Waals surface area contributed by atoms with E-state index in [9.17, 15) is 4.79 Å². The number of carbonyl (C=O) groups excluding carboxylic acids is 1. The Morgan fingerprint density at radius 2 is 1.64 bits per heavy atom.